The number of halogens is 1. The molecule has 0 N–H and O–H groups in total. The zero-order valence-corrected chi connectivity index (χ0v) is 15.8. The molecule has 1 atom stereocenters. The average molecular weight is 390 g/mol. The Bertz CT molecular complexity index is 892. The van der Waals surface area contributed by atoms with Gasteiger partial charge in [-0.3, -0.25) is 4.79 Å². The molecular weight excluding hydrogens is 370 g/mol. The van der Waals surface area contributed by atoms with E-state index in [0.717, 1.165) is 6.42 Å². The Kier molecular flexibility index (Phi) is 5.79. The highest BCUT2D eigenvalue weighted by Crippen LogP contribution is 2.25. The van der Waals surface area contributed by atoms with Crippen LogP contribution in [0.4, 0.5) is 5.69 Å². The third-order valence-electron chi connectivity index (χ3n) is 4.32. The number of benzene rings is 2. The lowest BCUT2D eigenvalue weighted by Gasteiger charge is -2.28. The Morgan fingerprint density at radius 1 is 1.08 bits per heavy atom. The first-order valence-electron chi connectivity index (χ1n) is 8.47. The summed E-state index contributed by atoms with van der Waals surface area (Å²) in [5, 5.41) is 1.76. The molecule has 0 bridgehead atoms. The smallest absolute Gasteiger partial charge is 0.227 e. The fourth-order valence-corrected chi connectivity index (χ4v) is 4.45. The highest BCUT2D eigenvalue weighted by Gasteiger charge is 2.31. The van der Waals surface area contributed by atoms with Gasteiger partial charge in [0.1, 0.15) is 0 Å². The van der Waals surface area contributed by atoms with Crippen LogP contribution in [-0.4, -0.2) is 26.1 Å². The van der Waals surface area contributed by atoms with Crippen LogP contribution in [-0.2, 0) is 21.1 Å². The van der Waals surface area contributed by atoms with E-state index in [1.165, 1.54) is 11.0 Å². The average Bonchev–Trinajstić information content (AvgIpc) is 2.97. The number of aryl methyl sites for hydroxylation is 1. The fourth-order valence-electron chi connectivity index (χ4n) is 3.05. The summed E-state index contributed by atoms with van der Waals surface area (Å²) in [6.07, 6.45) is 3.44. The first-order chi connectivity index (χ1) is 12.4. The molecule has 26 heavy (non-hydrogen) atoms. The number of hydrogen-bond donors (Lipinski definition) is 0. The van der Waals surface area contributed by atoms with E-state index in [0.29, 0.717) is 23.6 Å². The van der Waals surface area contributed by atoms with Crippen LogP contribution in [0.5, 0.6) is 0 Å². The summed E-state index contributed by atoms with van der Waals surface area (Å²) >= 11 is 5.94. The second-order valence-electron chi connectivity index (χ2n) is 6.30. The summed E-state index contributed by atoms with van der Waals surface area (Å²) in [5.41, 5.74) is 1.84. The fraction of sp³-hybridized carbons (Fsp3) is 0.250. The monoisotopic (exact) mass is 389 g/mol. The number of hydrogen-bond acceptors (Lipinski definition) is 3. The molecule has 3 rings (SSSR count). The molecule has 2 aromatic rings. The lowest BCUT2D eigenvalue weighted by atomic mass is 10.1. The minimum absolute atomic E-state index is 0.0833. The zero-order valence-electron chi connectivity index (χ0n) is 14.2. The molecule has 0 spiro atoms. The van der Waals surface area contributed by atoms with Crippen LogP contribution in [0.3, 0.4) is 0 Å². The van der Waals surface area contributed by atoms with E-state index < -0.39 is 15.9 Å². The molecule has 0 aliphatic carbocycles. The third kappa shape index (κ3) is 4.74. The Hall–Kier alpha value is -2.11. The van der Waals surface area contributed by atoms with Gasteiger partial charge in [-0.25, -0.2) is 8.42 Å². The van der Waals surface area contributed by atoms with Crippen LogP contribution in [0, 0.1) is 0 Å². The first kappa shape index (κ1) is 18.7. The van der Waals surface area contributed by atoms with E-state index in [-0.39, 0.29) is 11.7 Å². The highest BCUT2D eigenvalue weighted by molar-refractivity contribution is 7.94. The van der Waals surface area contributed by atoms with Crippen molar-refractivity contribution >= 4 is 33.0 Å². The predicted molar refractivity (Wildman–Crippen MR) is 105 cm³/mol. The van der Waals surface area contributed by atoms with Gasteiger partial charge in [0.25, 0.3) is 0 Å². The quantitative estimate of drug-likeness (QED) is 0.750. The van der Waals surface area contributed by atoms with Crippen molar-refractivity contribution in [3.8, 4) is 0 Å². The topological polar surface area (TPSA) is 54.5 Å². The van der Waals surface area contributed by atoms with E-state index in [1.807, 2.05) is 30.3 Å². The number of carbonyl (C=O) groups is 1. The van der Waals surface area contributed by atoms with Crippen molar-refractivity contribution in [3.05, 3.63) is 76.7 Å². The predicted octanol–water partition coefficient (Wildman–Crippen LogP) is 4.01. The third-order valence-corrected chi connectivity index (χ3v) is 5.95. The molecule has 0 aromatic heterocycles. The van der Waals surface area contributed by atoms with Crippen LogP contribution < -0.4 is 4.90 Å². The molecule has 0 fully saturated rings. The molecule has 0 radical (unpaired) electrons. The van der Waals surface area contributed by atoms with Crippen LogP contribution in [0.25, 0.3) is 0 Å². The summed E-state index contributed by atoms with van der Waals surface area (Å²) in [7, 11) is -3.25. The molecule has 1 aliphatic rings. The van der Waals surface area contributed by atoms with Crippen molar-refractivity contribution in [3.63, 3.8) is 0 Å². The zero-order chi connectivity index (χ0) is 18.6. The molecule has 6 heteroatoms. The number of carbonyl (C=O) groups excluding carboxylic acids is 1. The molecule has 4 nitrogen and oxygen atoms in total. The summed E-state index contributed by atoms with van der Waals surface area (Å²) in [6.45, 7) is 0. The van der Waals surface area contributed by atoms with Crippen LogP contribution in [0.15, 0.2) is 66.1 Å². The van der Waals surface area contributed by atoms with E-state index >= 15 is 0 Å². The van der Waals surface area contributed by atoms with E-state index in [9.17, 15) is 13.2 Å². The maximum Gasteiger partial charge on any atom is 0.227 e. The Balaban J connectivity index is 1.73. The Morgan fingerprint density at radius 3 is 2.38 bits per heavy atom. The highest BCUT2D eigenvalue weighted by atomic mass is 35.5. The minimum atomic E-state index is -3.25. The molecule has 0 saturated carbocycles. The molecule has 136 valence electrons. The molecule has 0 saturated heterocycles. The molecule has 2 aromatic carbocycles. The van der Waals surface area contributed by atoms with Crippen molar-refractivity contribution in [2.24, 2.45) is 0 Å². The molecule has 0 unspecified atom stereocenters. The van der Waals surface area contributed by atoms with Gasteiger partial charge in [0.15, 0.2) is 9.84 Å². The summed E-state index contributed by atoms with van der Waals surface area (Å²) < 4.78 is 23.6. The number of anilines is 1. The normalized spacial score (nSPS) is 18.0. The number of sulfone groups is 1. The summed E-state index contributed by atoms with van der Waals surface area (Å²) in [6, 6.07) is 16.4. The lowest BCUT2D eigenvalue weighted by molar-refractivity contribution is -0.118. The second kappa shape index (κ2) is 8.06. The van der Waals surface area contributed by atoms with Gasteiger partial charge in [0.2, 0.25) is 5.91 Å². The molecular formula is C20H20ClNO3S. The van der Waals surface area contributed by atoms with E-state index in [4.69, 9.17) is 11.6 Å². The van der Waals surface area contributed by atoms with Gasteiger partial charge in [0, 0.05) is 22.5 Å². The van der Waals surface area contributed by atoms with Crippen molar-refractivity contribution in [2.75, 3.05) is 10.7 Å². The van der Waals surface area contributed by atoms with Crippen molar-refractivity contribution in [1.29, 1.82) is 0 Å². The van der Waals surface area contributed by atoms with Gasteiger partial charge < -0.3 is 4.90 Å². The summed E-state index contributed by atoms with van der Waals surface area (Å²) in [4.78, 5) is 14.5. The van der Waals surface area contributed by atoms with E-state index in [2.05, 4.69) is 0 Å². The van der Waals surface area contributed by atoms with Crippen molar-refractivity contribution < 1.29 is 13.2 Å². The van der Waals surface area contributed by atoms with Crippen LogP contribution in [0.1, 0.15) is 18.4 Å². The van der Waals surface area contributed by atoms with Crippen LogP contribution >= 0.6 is 11.6 Å². The van der Waals surface area contributed by atoms with Gasteiger partial charge in [-0.15, -0.1) is 0 Å². The Morgan fingerprint density at radius 2 is 1.77 bits per heavy atom. The number of rotatable bonds is 6. The number of nitrogens with zero attached hydrogens (tertiary/aromatic N) is 1. The number of amides is 1. The van der Waals surface area contributed by atoms with Gasteiger partial charge >= 0.3 is 0 Å². The van der Waals surface area contributed by atoms with Gasteiger partial charge in [0.05, 0.1) is 11.8 Å². The second-order valence-corrected chi connectivity index (χ2v) is 8.67. The maximum atomic E-state index is 12.9. The van der Waals surface area contributed by atoms with Crippen molar-refractivity contribution in [1.82, 2.24) is 0 Å². The maximum absolute atomic E-state index is 12.9. The molecule has 1 aliphatic heterocycles. The SMILES string of the molecule is O=C(CCCc1ccccc1)N(c1ccc(Cl)cc1)[C@@H]1C=CS(=O)(=O)C1. The Labute approximate surface area is 159 Å². The lowest BCUT2D eigenvalue weighted by Crippen LogP contribution is -2.41. The van der Waals surface area contributed by atoms with Crippen LogP contribution in [0.2, 0.25) is 5.02 Å². The van der Waals surface area contributed by atoms with Gasteiger partial charge in [-0.2, -0.15) is 0 Å². The minimum Gasteiger partial charge on any atom is -0.304 e. The van der Waals surface area contributed by atoms with E-state index in [1.54, 1.807) is 35.2 Å². The van der Waals surface area contributed by atoms with Gasteiger partial charge in [-0.1, -0.05) is 41.9 Å². The van der Waals surface area contributed by atoms with Crippen molar-refractivity contribution in [2.45, 2.75) is 25.3 Å². The first-order valence-corrected chi connectivity index (χ1v) is 10.6. The summed E-state index contributed by atoms with van der Waals surface area (Å²) in [5.74, 6) is -0.171. The largest absolute Gasteiger partial charge is 0.304 e. The molecule has 1 amide bonds. The standard InChI is InChI=1S/C20H20ClNO3S/c21-17-9-11-18(12-10-17)22(19-13-14-26(24,25)15-19)20(23)8-4-7-16-5-2-1-3-6-16/h1-3,5-6,9-14,19H,4,7-8,15H2/t19-/m1/s1. The van der Waals surface area contributed by atoms with Gasteiger partial charge in [-0.05, 0) is 48.7 Å². The molecule has 1 heterocycles.